The summed E-state index contributed by atoms with van der Waals surface area (Å²) in [6.07, 6.45) is 4.10. The lowest BCUT2D eigenvalue weighted by Crippen LogP contribution is -2.43. The summed E-state index contributed by atoms with van der Waals surface area (Å²) in [5.41, 5.74) is -0.406. The van der Waals surface area contributed by atoms with E-state index < -0.39 is 28.7 Å². The molecule has 0 saturated heterocycles. The maximum absolute atomic E-state index is 14.7. The average Bonchev–Trinajstić information content (AvgIpc) is 3.55. The SMILES string of the molecule is CN(Cc1ccc(-n2cnn(Cc3ccccc3F)c2=O)cc1)CC(O)(Cn1cncn1)c1ccc(F)cc1F. The molecule has 0 spiro atoms. The highest BCUT2D eigenvalue weighted by molar-refractivity contribution is 5.34. The molecule has 0 bridgehead atoms. The minimum absolute atomic E-state index is 0.000557. The van der Waals surface area contributed by atoms with Gasteiger partial charge >= 0.3 is 5.69 Å². The second-order valence-corrected chi connectivity index (χ2v) is 9.62. The second-order valence-electron chi connectivity index (χ2n) is 9.62. The van der Waals surface area contributed by atoms with Gasteiger partial charge < -0.3 is 5.11 Å². The van der Waals surface area contributed by atoms with Crippen molar-refractivity contribution < 1.29 is 18.3 Å². The van der Waals surface area contributed by atoms with Crippen LogP contribution in [0.4, 0.5) is 13.2 Å². The number of benzene rings is 3. The van der Waals surface area contributed by atoms with E-state index in [2.05, 4.69) is 15.2 Å². The fourth-order valence-electron chi connectivity index (χ4n) is 4.66. The molecule has 0 saturated carbocycles. The lowest BCUT2D eigenvalue weighted by atomic mass is 9.92. The molecule has 0 aliphatic heterocycles. The molecule has 40 heavy (non-hydrogen) atoms. The Morgan fingerprint density at radius 3 is 2.42 bits per heavy atom. The van der Waals surface area contributed by atoms with E-state index in [9.17, 15) is 23.1 Å². The van der Waals surface area contributed by atoms with Crippen molar-refractivity contribution in [2.75, 3.05) is 13.6 Å². The van der Waals surface area contributed by atoms with Crippen LogP contribution >= 0.6 is 0 Å². The third-order valence-corrected chi connectivity index (χ3v) is 6.53. The van der Waals surface area contributed by atoms with Gasteiger partial charge in [0.1, 0.15) is 42.0 Å². The van der Waals surface area contributed by atoms with Crippen molar-refractivity contribution in [3.63, 3.8) is 0 Å². The number of aliphatic hydroxyl groups is 1. The van der Waals surface area contributed by atoms with Gasteiger partial charge in [-0.25, -0.2) is 36.9 Å². The van der Waals surface area contributed by atoms with Gasteiger partial charge in [0.05, 0.1) is 18.8 Å². The first-order valence-electron chi connectivity index (χ1n) is 12.4. The number of aromatic nitrogens is 6. The quantitative estimate of drug-likeness (QED) is 0.288. The number of likely N-dealkylation sites (N-methyl/N-ethyl adjacent to an activating group) is 1. The van der Waals surface area contributed by atoms with Gasteiger partial charge in [-0.1, -0.05) is 36.4 Å². The van der Waals surface area contributed by atoms with Crippen molar-refractivity contribution in [3.8, 4) is 5.69 Å². The number of hydrogen-bond donors (Lipinski definition) is 1. The van der Waals surface area contributed by atoms with Crippen LogP contribution in [0.2, 0.25) is 0 Å². The fourth-order valence-corrected chi connectivity index (χ4v) is 4.66. The third kappa shape index (κ3) is 5.87. The fraction of sp³-hybridized carbons (Fsp3) is 0.214. The van der Waals surface area contributed by atoms with Crippen LogP contribution in [0.15, 0.2) is 90.5 Å². The van der Waals surface area contributed by atoms with Crippen LogP contribution in [0, 0.1) is 17.5 Å². The summed E-state index contributed by atoms with van der Waals surface area (Å²) in [4.78, 5) is 18.5. The zero-order valence-corrected chi connectivity index (χ0v) is 21.5. The van der Waals surface area contributed by atoms with Gasteiger partial charge in [0.25, 0.3) is 0 Å². The molecule has 0 amide bonds. The number of rotatable bonds is 10. The molecule has 1 atom stereocenters. The summed E-state index contributed by atoms with van der Waals surface area (Å²) in [5.74, 6) is -2.01. The van der Waals surface area contributed by atoms with E-state index in [1.165, 1.54) is 45.0 Å². The predicted octanol–water partition coefficient (Wildman–Crippen LogP) is 3.11. The summed E-state index contributed by atoms with van der Waals surface area (Å²) in [6.45, 7) is 0.287. The Morgan fingerprint density at radius 1 is 0.950 bits per heavy atom. The molecule has 0 fully saturated rings. The Labute approximate surface area is 227 Å². The molecular formula is C28H26F3N7O2. The van der Waals surface area contributed by atoms with Crippen LogP contribution in [-0.2, 0) is 25.2 Å². The molecule has 5 aromatic rings. The van der Waals surface area contributed by atoms with E-state index in [4.69, 9.17) is 0 Å². The minimum atomic E-state index is -1.74. The van der Waals surface area contributed by atoms with Gasteiger partial charge in [0.15, 0.2) is 0 Å². The van der Waals surface area contributed by atoms with Crippen LogP contribution in [0.1, 0.15) is 16.7 Å². The summed E-state index contributed by atoms with van der Waals surface area (Å²) in [5, 5.41) is 19.7. The summed E-state index contributed by atoms with van der Waals surface area (Å²) >= 11 is 0. The zero-order chi connectivity index (χ0) is 28.3. The van der Waals surface area contributed by atoms with E-state index in [0.29, 0.717) is 17.8 Å². The Hall–Kier alpha value is -4.55. The molecule has 0 aliphatic carbocycles. The lowest BCUT2D eigenvalue weighted by molar-refractivity contribution is -0.0175. The summed E-state index contributed by atoms with van der Waals surface area (Å²) < 4.78 is 46.2. The highest BCUT2D eigenvalue weighted by atomic mass is 19.1. The number of hydrogen-bond acceptors (Lipinski definition) is 6. The van der Waals surface area contributed by atoms with Crippen molar-refractivity contribution in [1.82, 2.24) is 34.0 Å². The highest BCUT2D eigenvalue weighted by Crippen LogP contribution is 2.28. The van der Waals surface area contributed by atoms with E-state index in [1.54, 1.807) is 42.3 Å². The van der Waals surface area contributed by atoms with Crippen molar-refractivity contribution in [2.24, 2.45) is 0 Å². The lowest BCUT2D eigenvalue weighted by Gasteiger charge is -2.33. The standard InChI is InChI=1S/C28H26F3N7O2/c1-35(15-28(40,16-36-18-32-17-33-36)24-11-8-22(29)12-26(24)31)13-20-6-9-23(10-7-20)37-19-34-38(27(37)39)14-21-4-2-3-5-25(21)30/h2-12,17-19,40H,13-16H2,1H3. The average molecular weight is 550 g/mol. The number of nitrogens with zero attached hydrogens (tertiary/aromatic N) is 7. The first-order chi connectivity index (χ1) is 19.2. The number of halogens is 3. The maximum Gasteiger partial charge on any atom is 0.350 e. The third-order valence-electron chi connectivity index (χ3n) is 6.53. The summed E-state index contributed by atoms with van der Waals surface area (Å²) in [6, 6.07) is 16.4. The van der Waals surface area contributed by atoms with Gasteiger partial charge in [0.2, 0.25) is 0 Å². The van der Waals surface area contributed by atoms with Gasteiger partial charge in [-0.3, -0.25) is 4.90 Å². The highest BCUT2D eigenvalue weighted by Gasteiger charge is 2.35. The molecule has 12 heteroatoms. The van der Waals surface area contributed by atoms with Gasteiger partial charge in [0, 0.05) is 30.3 Å². The van der Waals surface area contributed by atoms with E-state index >= 15 is 0 Å². The topological polar surface area (TPSA) is 94.0 Å². The first kappa shape index (κ1) is 27.0. The largest absolute Gasteiger partial charge is 0.382 e. The molecule has 5 rings (SSSR count). The Morgan fingerprint density at radius 2 is 1.73 bits per heavy atom. The van der Waals surface area contributed by atoms with E-state index in [0.717, 1.165) is 17.7 Å². The van der Waals surface area contributed by atoms with Crippen LogP contribution in [-0.4, -0.2) is 52.7 Å². The molecule has 0 aliphatic rings. The van der Waals surface area contributed by atoms with Crippen LogP contribution in [0.3, 0.4) is 0 Å². The monoisotopic (exact) mass is 549 g/mol. The van der Waals surface area contributed by atoms with Gasteiger partial charge in [-0.2, -0.15) is 10.2 Å². The summed E-state index contributed by atoms with van der Waals surface area (Å²) in [7, 11) is 1.76. The molecule has 1 N–H and O–H groups in total. The normalized spacial score (nSPS) is 13.1. The predicted molar refractivity (Wildman–Crippen MR) is 140 cm³/mol. The molecule has 1 unspecified atom stereocenters. The molecule has 206 valence electrons. The second kappa shape index (κ2) is 11.3. The molecule has 3 aromatic carbocycles. The van der Waals surface area contributed by atoms with Crippen LogP contribution in [0.25, 0.3) is 5.69 Å². The van der Waals surface area contributed by atoms with Crippen molar-refractivity contribution in [3.05, 3.63) is 130 Å². The first-order valence-corrected chi connectivity index (χ1v) is 12.4. The molecule has 2 heterocycles. The van der Waals surface area contributed by atoms with Crippen molar-refractivity contribution >= 4 is 0 Å². The van der Waals surface area contributed by atoms with E-state index in [-0.39, 0.29) is 25.2 Å². The van der Waals surface area contributed by atoms with Crippen molar-refractivity contribution in [1.29, 1.82) is 0 Å². The Balaban J connectivity index is 1.30. The molecular weight excluding hydrogens is 523 g/mol. The zero-order valence-electron chi connectivity index (χ0n) is 21.5. The van der Waals surface area contributed by atoms with Gasteiger partial charge in [-0.05, 0) is 36.9 Å². The molecule has 9 nitrogen and oxygen atoms in total. The van der Waals surface area contributed by atoms with Crippen LogP contribution < -0.4 is 5.69 Å². The Bertz CT molecular complexity index is 1650. The van der Waals surface area contributed by atoms with Crippen molar-refractivity contribution in [2.45, 2.75) is 25.2 Å². The minimum Gasteiger partial charge on any atom is -0.382 e. The van der Waals surface area contributed by atoms with Crippen LogP contribution in [0.5, 0.6) is 0 Å². The smallest absolute Gasteiger partial charge is 0.350 e. The maximum atomic E-state index is 14.7. The van der Waals surface area contributed by atoms with E-state index in [1.807, 2.05) is 12.1 Å². The molecule has 0 radical (unpaired) electrons. The molecule has 2 aromatic heterocycles. The van der Waals surface area contributed by atoms with Gasteiger partial charge in [-0.15, -0.1) is 0 Å². The Kier molecular flexibility index (Phi) is 7.63.